The molecule has 1 heterocycles. The standard InChI is InChI=1S/C11H17F2N3O2/c1-6(17)8(14)10-15-9(16-18-10)7-3-2-4-11(12,13)5-7/h6-8,17H,2-5,14H2,1H3. The number of nitrogens with zero attached hydrogens (tertiary/aromatic N) is 2. The monoisotopic (exact) mass is 261 g/mol. The molecule has 0 aliphatic heterocycles. The molecule has 7 heteroatoms. The first-order valence-corrected chi connectivity index (χ1v) is 6.04. The molecule has 18 heavy (non-hydrogen) atoms. The fourth-order valence-electron chi connectivity index (χ4n) is 2.15. The molecule has 3 N–H and O–H groups in total. The molecular weight excluding hydrogens is 244 g/mol. The summed E-state index contributed by atoms with van der Waals surface area (Å²) in [6, 6.07) is -0.782. The number of aliphatic hydroxyl groups is 1. The van der Waals surface area contributed by atoms with E-state index in [9.17, 15) is 13.9 Å². The van der Waals surface area contributed by atoms with Gasteiger partial charge in [-0.3, -0.25) is 0 Å². The molecule has 1 aromatic rings. The van der Waals surface area contributed by atoms with Crippen LogP contribution < -0.4 is 5.73 Å². The van der Waals surface area contributed by atoms with Gasteiger partial charge in [0.25, 0.3) is 0 Å². The summed E-state index contributed by atoms with van der Waals surface area (Å²) in [5.41, 5.74) is 5.64. The van der Waals surface area contributed by atoms with Crippen LogP contribution in [0.15, 0.2) is 4.52 Å². The summed E-state index contributed by atoms with van der Waals surface area (Å²) in [7, 11) is 0. The molecule has 0 bridgehead atoms. The van der Waals surface area contributed by atoms with Crippen molar-refractivity contribution in [1.29, 1.82) is 0 Å². The van der Waals surface area contributed by atoms with E-state index in [1.807, 2.05) is 0 Å². The smallest absolute Gasteiger partial charge is 0.248 e. The van der Waals surface area contributed by atoms with Crippen molar-refractivity contribution >= 4 is 0 Å². The number of aromatic nitrogens is 2. The summed E-state index contributed by atoms with van der Waals surface area (Å²) in [4.78, 5) is 4.02. The largest absolute Gasteiger partial charge is 0.391 e. The molecule has 0 radical (unpaired) electrons. The highest BCUT2D eigenvalue weighted by Crippen LogP contribution is 2.40. The minimum absolute atomic E-state index is 0.0819. The third kappa shape index (κ3) is 2.84. The van der Waals surface area contributed by atoms with Crippen LogP contribution in [-0.4, -0.2) is 27.3 Å². The van der Waals surface area contributed by atoms with Gasteiger partial charge in [0.15, 0.2) is 5.82 Å². The normalized spacial score (nSPS) is 26.8. The average Bonchev–Trinajstić information content (AvgIpc) is 2.75. The zero-order valence-electron chi connectivity index (χ0n) is 10.1. The van der Waals surface area contributed by atoms with Gasteiger partial charge in [-0.1, -0.05) is 5.16 Å². The molecule has 3 unspecified atom stereocenters. The molecule has 2 rings (SSSR count). The van der Waals surface area contributed by atoms with Gasteiger partial charge < -0.3 is 15.4 Å². The lowest BCUT2D eigenvalue weighted by Gasteiger charge is -2.26. The van der Waals surface area contributed by atoms with E-state index in [-0.39, 0.29) is 24.6 Å². The SMILES string of the molecule is CC(O)C(N)c1nc(C2CCCC(F)(F)C2)no1. The van der Waals surface area contributed by atoms with Crippen molar-refractivity contribution in [3.05, 3.63) is 11.7 Å². The summed E-state index contributed by atoms with van der Waals surface area (Å²) in [6.07, 6.45) is -0.0918. The summed E-state index contributed by atoms with van der Waals surface area (Å²) >= 11 is 0. The lowest BCUT2D eigenvalue weighted by Crippen LogP contribution is -2.26. The van der Waals surface area contributed by atoms with Gasteiger partial charge in [0.2, 0.25) is 11.8 Å². The number of rotatable bonds is 3. The summed E-state index contributed by atoms with van der Waals surface area (Å²) in [5.74, 6) is -2.70. The molecule has 102 valence electrons. The lowest BCUT2D eigenvalue weighted by molar-refractivity contribution is -0.0418. The Kier molecular flexibility index (Phi) is 3.63. The van der Waals surface area contributed by atoms with Crippen LogP contribution in [0.2, 0.25) is 0 Å². The third-order valence-corrected chi connectivity index (χ3v) is 3.27. The van der Waals surface area contributed by atoms with Gasteiger partial charge in [0.1, 0.15) is 6.04 Å². The van der Waals surface area contributed by atoms with Crippen molar-refractivity contribution in [1.82, 2.24) is 10.1 Å². The summed E-state index contributed by atoms with van der Waals surface area (Å²) < 4.78 is 31.5. The Morgan fingerprint density at radius 3 is 2.89 bits per heavy atom. The van der Waals surface area contributed by atoms with Crippen molar-refractivity contribution in [3.63, 3.8) is 0 Å². The van der Waals surface area contributed by atoms with E-state index in [1.165, 1.54) is 6.92 Å². The Balaban J connectivity index is 2.10. The Morgan fingerprint density at radius 2 is 2.28 bits per heavy atom. The first-order chi connectivity index (χ1) is 8.39. The van der Waals surface area contributed by atoms with E-state index in [2.05, 4.69) is 10.1 Å². The maximum atomic E-state index is 13.3. The van der Waals surface area contributed by atoms with Gasteiger partial charge >= 0.3 is 0 Å². The van der Waals surface area contributed by atoms with E-state index in [0.29, 0.717) is 12.8 Å². The maximum absolute atomic E-state index is 13.3. The molecule has 1 aliphatic rings. The highest BCUT2D eigenvalue weighted by Gasteiger charge is 2.38. The molecule has 3 atom stereocenters. The molecule has 0 amide bonds. The minimum Gasteiger partial charge on any atom is -0.391 e. The molecule has 0 spiro atoms. The van der Waals surface area contributed by atoms with E-state index >= 15 is 0 Å². The van der Waals surface area contributed by atoms with Crippen LogP contribution in [0.1, 0.15) is 56.3 Å². The van der Waals surface area contributed by atoms with Crippen LogP contribution in [0, 0.1) is 0 Å². The predicted octanol–water partition coefficient (Wildman–Crippen LogP) is 1.74. The zero-order valence-corrected chi connectivity index (χ0v) is 10.1. The van der Waals surface area contributed by atoms with Crippen LogP contribution in [0.3, 0.4) is 0 Å². The molecule has 0 saturated heterocycles. The molecule has 5 nitrogen and oxygen atoms in total. The lowest BCUT2D eigenvalue weighted by atomic mass is 9.86. The number of hydrogen-bond acceptors (Lipinski definition) is 5. The van der Waals surface area contributed by atoms with Gasteiger partial charge in [-0.15, -0.1) is 0 Å². The van der Waals surface area contributed by atoms with E-state index in [0.717, 1.165) is 0 Å². The molecule has 1 aromatic heterocycles. The van der Waals surface area contributed by atoms with Crippen LogP contribution >= 0.6 is 0 Å². The summed E-state index contributed by atoms with van der Waals surface area (Å²) in [6.45, 7) is 1.50. The molecule has 1 aliphatic carbocycles. The van der Waals surface area contributed by atoms with Gasteiger partial charge in [-0.2, -0.15) is 4.98 Å². The Labute approximate surface area is 103 Å². The van der Waals surface area contributed by atoms with E-state index in [4.69, 9.17) is 10.3 Å². The van der Waals surface area contributed by atoms with E-state index in [1.54, 1.807) is 0 Å². The zero-order chi connectivity index (χ0) is 13.3. The Bertz CT molecular complexity index is 409. The number of hydrogen-bond donors (Lipinski definition) is 2. The molecular formula is C11H17F2N3O2. The van der Waals surface area contributed by atoms with Crippen molar-refractivity contribution in [2.45, 2.75) is 56.6 Å². The quantitative estimate of drug-likeness (QED) is 0.865. The van der Waals surface area contributed by atoms with Crippen LogP contribution in [0.25, 0.3) is 0 Å². The van der Waals surface area contributed by atoms with Gasteiger partial charge in [0.05, 0.1) is 6.10 Å². The Hall–Kier alpha value is -1.08. The Morgan fingerprint density at radius 1 is 1.56 bits per heavy atom. The number of nitrogens with two attached hydrogens (primary N) is 1. The number of aliphatic hydroxyl groups excluding tert-OH is 1. The first kappa shape index (κ1) is 13.4. The second-order valence-electron chi connectivity index (χ2n) is 4.91. The topological polar surface area (TPSA) is 85.2 Å². The van der Waals surface area contributed by atoms with E-state index < -0.39 is 24.0 Å². The van der Waals surface area contributed by atoms with Crippen LogP contribution in [0.5, 0.6) is 0 Å². The first-order valence-electron chi connectivity index (χ1n) is 6.04. The molecule has 1 saturated carbocycles. The fourth-order valence-corrected chi connectivity index (χ4v) is 2.15. The van der Waals surface area contributed by atoms with Gasteiger partial charge in [0, 0.05) is 18.8 Å². The van der Waals surface area contributed by atoms with Gasteiger partial charge in [-0.05, 0) is 19.8 Å². The second-order valence-corrected chi connectivity index (χ2v) is 4.91. The number of alkyl halides is 2. The molecule has 0 aromatic carbocycles. The third-order valence-electron chi connectivity index (χ3n) is 3.27. The highest BCUT2D eigenvalue weighted by atomic mass is 19.3. The minimum atomic E-state index is -2.66. The van der Waals surface area contributed by atoms with Crippen LogP contribution in [-0.2, 0) is 0 Å². The predicted molar refractivity (Wildman–Crippen MR) is 59.1 cm³/mol. The van der Waals surface area contributed by atoms with Crippen molar-refractivity contribution in [2.24, 2.45) is 5.73 Å². The summed E-state index contributed by atoms with van der Waals surface area (Å²) in [5, 5.41) is 13.0. The fraction of sp³-hybridized carbons (Fsp3) is 0.818. The highest BCUT2D eigenvalue weighted by molar-refractivity contribution is 5.02. The van der Waals surface area contributed by atoms with Crippen molar-refractivity contribution < 1.29 is 18.4 Å². The molecule has 1 fully saturated rings. The van der Waals surface area contributed by atoms with Crippen molar-refractivity contribution in [2.75, 3.05) is 0 Å². The average molecular weight is 261 g/mol. The number of halogens is 2. The second kappa shape index (κ2) is 4.89. The van der Waals surface area contributed by atoms with Gasteiger partial charge in [-0.25, -0.2) is 8.78 Å². The maximum Gasteiger partial charge on any atom is 0.248 e. The van der Waals surface area contributed by atoms with Crippen LogP contribution in [0.4, 0.5) is 8.78 Å². The van der Waals surface area contributed by atoms with Crippen molar-refractivity contribution in [3.8, 4) is 0 Å².